The van der Waals surface area contributed by atoms with Gasteiger partial charge in [-0.15, -0.1) is 0 Å². The molecule has 0 aliphatic rings. The summed E-state index contributed by atoms with van der Waals surface area (Å²) in [4.78, 5) is 23.0. The standard InChI is InChI=1S/C17H16BrClN4O/c1-11(22(2)10-13(24)12-6-4-3-5-7-12)17-21-15(18)14-16(19)20-8-9-23(14)17/h3-9,11H,10H2,1-2H3/t11-/m0/s1. The van der Waals surface area contributed by atoms with Gasteiger partial charge in [0.2, 0.25) is 0 Å². The number of halogens is 2. The van der Waals surface area contributed by atoms with E-state index in [1.807, 2.05) is 59.8 Å². The molecule has 0 bridgehead atoms. The Hall–Kier alpha value is -1.76. The van der Waals surface area contributed by atoms with Crippen molar-refractivity contribution in [1.29, 1.82) is 0 Å². The third-order valence-corrected chi connectivity index (χ3v) is 4.85. The first-order chi connectivity index (χ1) is 11.5. The average molecular weight is 408 g/mol. The van der Waals surface area contributed by atoms with Crippen LogP contribution in [0.4, 0.5) is 0 Å². The van der Waals surface area contributed by atoms with Crippen LogP contribution in [0.25, 0.3) is 5.52 Å². The van der Waals surface area contributed by atoms with Gasteiger partial charge in [-0.05, 0) is 29.9 Å². The van der Waals surface area contributed by atoms with Crippen LogP contribution in [0.3, 0.4) is 0 Å². The number of carbonyl (C=O) groups is 1. The highest BCUT2D eigenvalue weighted by atomic mass is 79.9. The number of likely N-dealkylation sites (N-methyl/N-ethyl adjacent to an activating group) is 1. The van der Waals surface area contributed by atoms with E-state index in [0.29, 0.717) is 21.9 Å². The zero-order valence-electron chi connectivity index (χ0n) is 13.3. The molecule has 0 aliphatic carbocycles. The van der Waals surface area contributed by atoms with Crippen LogP contribution in [0.2, 0.25) is 5.15 Å². The fraction of sp³-hybridized carbons (Fsp3) is 0.235. The van der Waals surface area contributed by atoms with Gasteiger partial charge in [0.05, 0.1) is 12.6 Å². The maximum absolute atomic E-state index is 12.4. The first kappa shape index (κ1) is 17.1. The van der Waals surface area contributed by atoms with Gasteiger partial charge in [-0.1, -0.05) is 41.9 Å². The molecule has 0 fully saturated rings. The highest BCUT2D eigenvalue weighted by molar-refractivity contribution is 9.10. The highest BCUT2D eigenvalue weighted by Crippen LogP contribution is 2.28. The summed E-state index contributed by atoms with van der Waals surface area (Å²) < 4.78 is 2.54. The molecular formula is C17H16BrClN4O. The SMILES string of the molecule is C[C@@H](c1nc(Br)c2c(Cl)nccn12)N(C)CC(=O)c1ccccc1. The Kier molecular flexibility index (Phi) is 4.99. The lowest BCUT2D eigenvalue weighted by Crippen LogP contribution is -2.30. The van der Waals surface area contributed by atoms with E-state index in [-0.39, 0.29) is 11.8 Å². The summed E-state index contributed by atoms with van der Waals surface area (Å²) in [6, 6.07) is 9.21. The summed E-state index contributed by atoms with van der Waals surface area (Å²) in [5, 5.41) is 0.387. The largest absolute Gasteiger partial charge is 0.297 e. The number of Topliss-reactive ketones (excluding diaryl/α,β-unsaturated/α-hetero) is 1. The van der Waals surface area contributed by atoms with Crippen LogP contribution in [0.5, 0.6) is 0 Å². The van der Waals surface area contributed by atoms with E-state index in [9.17, 15) is 4.79 Å². The van der Waals surface area contributed by atoms with Crippen LogP contribution < -0.4 is 0 Å². The number of carbonyl (C=O) groups excluding carboxylic acids is 1. The third kappa shape index (κ3) is 3.22. The van der Waals surface area contributed by atoms with Gasteiger partial charge < -0.3 is 0 Å². The zero-order valence-corrected chi connectivity index (χ0v) is 15.6. The molecule has 0 amide bonds. The van der Waals surface area contributed by atoms with Crippen molar-refractivity contribution in [2.45, 2.75) is 13.0 Å². The Morgan fingerprint density at radius 1 is 1.38 bits per heavy atom. The van der Waals surface area contributed by atoms with E-state index in [0.717, 1.165) is 11.3 Å². The normalized spacial score (nSPS) is 12.7. The van der Waals surface area contributed by atoms with Gasteiger partial charge in [-0.2, -0.15) is 0 Å². The number of hydrogen-bond donors (Lipinski definition) is 0. The fourth-order valence-electron chi connectivity index (χ4n) is 2.55. The molecule has 24 heavy (non-hydrogen) atoms. The zero-order chi connectivity index (χ0) is 17.3. The second kappa shape index (κ2) is 7.01. The smallest absolute Gasteiger partial charge is 0.176 e. The van der Waals surface area contributed by atoms with Gasteiger partial charge in [0, 0.05) is 18.0 Å². The maximum atomic E-state index is 12.4. The van der Waals surface area contributed by atoms with Crippen LogP contribution in [0.1, 0.15) is 29.1 Å². The summed E-state index contributed by atoms with van der Waals surface area (Å²) in [5.74, 6) is 0.870. The number of benzene rings is 1. The van der Waals surface area contributed by atoms with Crippen molar-refractivity contribution in [1.82, 2.24) is 19.3 Å². The molecule has 0 N–H and O–H groups in total. The summed E-state index contributed by atoms with van der Waals surface area (Å²) in [7, 11) is 1.91. The van der Waals surface area contributed by atoms with Gasteiger partial charge in [0.1, 0.15) is 15.9 Å². The van der Waals surface area contributed by atoms with E-state index >= 15 is 0 Å². The lowest BCUT2D eigenvalue weighted by molar-refractivity contribution is 0.0922. The molecule has 0 aliphatic heterocycles. The van der Waals surface area contributed by atoms with Gasteiger partial charge in [0.25, 0.3) is 0 Å². The lowest BCUT2D eigenvalue weighted by atomic mass is 10.1. The van der Waals surface area contributed by atoms with Crippen molar-refractivity contribution in [2.75, 3.05) is 13.6 Å². The molecule has 1 aromatic carbocycles. The summed E-state index contributed by atoms with van der Waals surface area (Å²) >= 11 is 9.59. The van der Waals surface area contributed by atoms with Crippen LogP contribution in [0.15, 0.2) is 47.3 Å². The van der Waals surface area contributed by atoms with Crippen molar-refractivity contribution in [3.8, 4) is 0 Å². The van der Waals surface area contributed by atoms with E-state index < -0.39 is 0 Å². The third-order valence-electron chi connectivity index (χ3n) is 4.02. The first-order valence-electron chi connectivity index (χ1n) is 7.45. The van der Waals surface area contributed by atoms with Crippen LogP contribution in [-0.2, 0) is 0 Å². The predicted octanol–water partition coefficient (Wildman–Crippen LogP) is 4.02. The number of hydrogen-bond acceptors (Lipinski definition) is 4. The Balaban J connectivity index is 1.85. The molecule has 7 heteroatoms. The molecule has 0 spiro atoms. The van der Waals surface area contributed by atoms with E-state index in [1.54, 1.807) is 6.20 Å². The molecule has 5 nitrogen and oxygen atoms in total. The molecule has 124 valence electrons. The molecule has 2 aromatic heterocycles. The molecule has 3 aromatic rings. The van der Waals surface area contributed by atoms with E-state index in [1.165, 1.54) is 0 Å². The minimum Gasteiger partial charge on any atom is -0.297 e. The first-order valence-corrected chi connectivity index (χ1v) is 8.62. The number of fused-ring (bicyclic) bond motifs is 1. The van der Waals surface area contributed by atoms with E-state index in [2.05, 4.69) is 25.9 Å². The molecule has 2 heterocycles. The number of imidazole rings is 1. The molecule has 0 radical (unpaired) electrons. The van der Waals surface area contributed by atoms with Crippen LogP contribution >= 0.6 is 27.5 Å². The van der Waals surface area contributed by atoms with Crippen molar-refractivity contribution < 1.29 is 4.79 Å². The summed E-state index contributed by atoms with van der Waals surface area (Å²) in [5.41, 5.74) is 1.43. The number of aromatic nitrogens is 3. The summed E-state index contributed by atoms with van der Waals surface area (Å²) in [6.07, 6.45) is 3.45. The van der Waals surface area contributed by atoms with Gasteiger partial charge in [-0.25, -0.2) is 9.97 Å². The van der Waals surface area contributed by atoms with Crippen molar-refractivity contribution in [2.24, 2.45) is 0 Å². The Bertz CT molecular complexity index is 881. The fourth-order valence-corrected chi connectivity index (χ4v) is 3.47. The predicted molar refractivity (Wildman–Crippen MR) is 97.5 cm³/mol. The number of rotatable bonds is 5. The molecule has 1 atom stereocenters. The molecule has 0 saturated heterocycles. The van der Waals surface area contributed by atoms with Gasteiger partial charge in [-0.3, -0.25) is 14.1 Å². The Morgan fingerprint density at radius 3 is 2.79 bits per heavy atom. The maximum Gasteiger partial charge on any atom is 0.176 e. The molecule has 0 unspecified atom stereocenters. The van der Waals surface area contributed by atoms with Crippen molar-refractivity contribution in [3.63, 3.8) is 0 Å². The molecule has 3 rings (SSSR count). The molecule has 0 saturated carbocycles. The highest BCUT2D eigenvalue weighted by Gasteiger charge is 2.22. The average Bonchev–Trinajstić information content (AvgIpc) is 2.93. The van der Waals surface area contributed by atoms with Crippen molar-refractivity contribution >= 4 is 38.8 Å². The quantitative estimate of drug-likeness (QED) is 0.599. The number of ketones is 1. The minimum atomic E-state index is -0.0741. The topological polar surface area (TPSA) is 50.5 Å². The van der Waals surface area contributed by atoms with Gasteiger partial charge >= 0.3 is 0 Å². The van der Waals surface area contributed by atoms with Gasteiger partial charge in [0.15, 0.2) is 10.9 Å². The van der Waals surface area contributed by atoms with Crippen molar-refractivity contribution in [3.05, 3.63) is 63.9 Å². The second-order valence-electron chi connectivity index (χ2n) is 5.58. The molecular weight excluding hydrogens is 392 g/mol. The number of nitrogens with zero attached hydrogens (tertiary/aromatic N) is 4. The second-order valence-corrected chi connectivity index (χ2v) is 6.69. The Labute approximate surface area is 153 Å². The van der Waals surface area contributed by atoms with Crippen LogP contribution in [-0.4, -0.2) is 38.6 Å². The Morgan fingerprint density at radius 2 is 2.08 bits per heavy atom. The van der Waals surface area contributed by atoms with E-state index in [4.69, 9.17) is 11.6 Å². The van der Waals surface area contributed by atoms with Crippen LogP contribution in [0, 0.1) is 0 Å². The lowest BCUT2D eigenvalue weighted by Gasteiger charge is -2.23. The summed E-state index contributed by atoms with van der Waals surface area (Å²) in [6.45, 7) is 2.31. The monoisotopic (exact) mass is 406 g/mol. The minimum absolute atomic E-state index is 0.0737.